The lowest BCUT2D eigenvalue weighted by Crippen LogP contribution is -2.23. The van der Waals surface area contributed by atoms with Crippen molar-refractivity contribution in [2.24, 2.45) is 11.8 Å². The lowest BCUT2D eigenvalue weighted by molar-refractivity contribution is -0.143. The number of carbonyl (C=O) groups is 1. The van der Waals surface area contributed by atoms with Crippen molar-refractivity contribution >= 4 is 5.97 Å². The van der Waals surface area contributed by atoms with Gasteiger partial charge in [-0.15, -0.1) is 0 Å². The Morgan fingerprint density at radius 2 is 1.74 bits per heavy atom. The van der Waals surface area contributed by atoms with E-state index in [0.717, 1.165) is 32.1 Å². The minimum atomic E-state index is -0.835. The molecule has 2 rings (SSSR count). The number of rotatable bonds is 11. The Kier molecular flexibility index (Phi) is 11.0. The van der Waals surface area contributed by atoms with Gasteiger partial charge in [0.1, 0.15) is 11.9 Å². The highest BCUT2D eigenvalue weighted by Crippen LogP contribution is 2.39. The summed E-state index contributed by atoms with van der Waals surface area (Å²) in [5.41, 5.74) is 0.637. The van der Waals surface area contributed by atoms with E-state index >= 15 is 0 Å². The van der Waals surface area contributed by atoms with Crippen molar-refractivity contribution in [1.29, 1.82) is 0 Å². The van der Waals surface area contributed by atoms with Crippen LogP contribution in [0.4, 0.5) is 4.39 Å². The predicted octanol–water partition coefficient (Wildman–Crippen LogP) is 3.58. The maximum Gasteiger partial charge on any atom is 0.305 e. The molecule has 5 unspecified atom stereocenters. The lowest BCUT2D eigenvalue weighted by Gasteiger charge is -2.24. The Bertz CT molecular complexity index is 724. The highest BCUT2D eigenvalue weighted by atomic mass is 19.1. The number of benzene rings is 1. The normalized spacial score (nSPS) is 23.8. The van der Waals surface area contributed by atoms with Crippen LogP contribution in [-0.2, 0) is 9.53 Å². The van der Waals surface area contributed by atoms with E-state index in [1.54, 1.807) is 19.1 Å². The molecular weight excluding hydrogens is 399 g/mol. The van der Waals surface area contributed by atoms with Crippen LogP contribution in [0.1, 0.15) is 70.3 Å². The van der Waals surface area contributed by atoms with Crippen LogP contribution in [0.3, 0.4) is 0 Å². The van der Waals surface area contributed by atoms with Crippen molar-refractivity contribution in [1.82, 2.24) is 0 Å². The first-order valence-corrected chi connectivity index (χ1v) is 11.4. The van der Waals surface area contributed by atoms with Crippen molar-refractivity contribution in [3.05, 3.63) is 35.6 Å². The zero-order valence-electron chi connectivity index (χ0n) is 18.3. The molecule has 6 heteroatoms. The molecule has 0 aliphatic heterocycles. The van der Waals surface area contributed by atoms with E-state index in [1.165, 1.54) is 12.1 Å². The standard InChI is InChI=1S/C25H35FO5/c1-2-31-25(30)8-6-4-3-5-7-21-22(24(29)17-23(21)28)16-15-20(27)14-11-18-9-12-19(26)13-10-18/h9-10,12-13,20-24,27-29H,2-8,15-17H2,1H3. The van der Waals surface area contributed by atoms with Gasteiger partial charge in [0, 0.05) is 12.0 Å². The average Bonchev–Trinajstić information content (AvgIpc) is 3.01. The molecule has 0 radical (unpaired) electrons. The summed E-state index contributed by atoms with van der Waals surface area (Å²) in [5, 5.41) is 30.9. The van der Waals surface area contributed by atoms with E-state index in [9.17, 15) is 24.5 Å². The summed E-state index contributed by atoms with van der Waals surface area (Å²) in [6.07, 6.45) is 4.35. The van der Waals surface area contributed by atoms with Crippen LogP contribution >= 0.6 is 0 Å². The van der Waals surface area contributed by atoms with Crippen molar-refractivity contribution in [3.63, 3.8) is 0 Å². The van der Waals surface area contributed by atoms with Gasteiger partial charge in [-0.05, 0) is 75.1 Å². The van der Waals surface area contributed by atoms with Gasteiger partial charge in [-0.1, -0.05) is 31.1 Å². The van der Waals surface area contributed by atoms with Crippen molar-refractivity contribution in [2.75, 3.05) is 6.61 Å². The molecule has 31 heavy (non-hydrogen) atoms. The van der Waals surface area contributed by atoms with Gasteiger partial charge in [-0.3, -0.25) is 4.79 Å². The first-order chi connectivity index (χ1) is 14.9. The first-order valence-electron chi connectivity index (χ1n) is 11.4. The van der Waals surface area contributed by atoms with Crippen molar-refractivity contribution in [3.8, 4) is 11.8 Å². The average molecular weight is 435 g/mol. The number of aliphatic hydroxyl groups is 3. The van der Waals surface area contributed by atoms with Gasteiger partial charge in [0.25, 0.3) is 0 Å². The third-order valence-corrected chi connectivity index (χ3v) is 6.00. The van der Waals surface area contributed by atoms with E-state index in [-0.39, 0.29) is 23.6 Å². The molecular formula is C25H35FO5. The van der Waals surface area contributed by atoms with Crippen LogP contribution in [-0.4, -0.2) is 46.2 Å². The second-order valence-electron chi connectivity index (χ2n) is 8.33. The Morgan fingerprint density at radius 1 is 1.10 bits per heavy atom. The number of unbranched alkanes of at least 4 members (excludes halogenated alkanes) is 3. The summed E-state index contributed by atoms with van der Waals surface area (Å²) in [6, 6.07) is 5.78. The van der Waals surface area contributed by atoms with Crippen LogP contribution in [0, 0.1) is 29.5 Å². The Balaban J connectivity index is 1.73. The summed E-state index contributed by atoms with van der Waals surface area (Å²) in [6.45, 7) is 2.21. The summed E-state index contributed by atoms with van der Waals surface area (Å²) in [4.78, 5) is 11.3. The Morgan fingerprint density at radius 3 is 2.42 bits per heavy atom. The highest BCUT2D eigenvalue weighted by molar-refractivity contribution is 5.69. The summed E-state index contributed by atoms with van der Waals surface area (Å²) >= 11 is 0. The number of esters is 1. The Hall–Kier alpha value is -1.94. The molecule has 172 valence electrons. The second kappa shape index (κ2) is 13.5. The van der Waals surface area contributed by atoms with E-state index < -0.39 is 18.3 Å². The Labute approximate surface area is 184 Å². The zero-order valence-corrected chi connectivity index (χ0v) is 18.3. The molecule has 0 amide bonds. The first kappa shape index (κ1) is 25.3. The number of halogens is 1. The van der Waals surface area contributed by atoms with Crippen LogP contribution in [0.25, 0.3) is 0 Å². The van der Waals surface area contributed by atoms with Gasteiger partial charge in [0.2, 0.25) is 0 Å². The fourth-order valence-electron chi connectivity index (χ4n) is 4.34. The molecule has 0 heterocycles. The maximum atomic E-state index is 12.9. The molecule has 5 nitrogen and oxygen atoms in total. The van der Waals surface area contributed by atoms with Crippen LogP contribution < -0.4 is 0 Å². The number of carbonyl (C=O) groups excluding carboxylic acids is 1. The topological polar surface area (TPSA) is 87.0 Å². The smallest absolute Gasteiger partial charge is 0.305 e. The molecule has 0 bridgehead atoms. The molecule has 1 aliphatic rings. The molecule has 1 aromatic carbocycles. The highest BCUT2D eigenvalue weighted by Gasteiger charge is 2.40. The second-order valence-corrected chi connectivity index (χ2v) is 8.33. The van der Waals surface area contributed by atoms with E-state index in [2.05, 4.69) is 11.8 Å². The number of hydrogen-bond acceptors (Lipinski definition) is 5. The van der Waals surface area contributed by atoms with E-state index in [0.29, 0.717) is 37.9 Å². The van der Waals surface area contributed by atoms with E-state index in [4.69, 9.17) is 4.74 Å². The summed E-state index contributed by atoms with van der Waals surface area (Å²) in [7, 11) is 0. The van der Waals surface area contributed by atoms with Gasteiger partial charge in [0.15, 0.2) is 0 Å². The molecule has 1 fully saturated rings. The van der Waals surface area contributed by atoms with E-state index in [1.807, 2.05) is 0 Å². The van der Waals surface area contributed by atoms with Crippen molar-refractivity contribution in [2.45, 2.75) is 83.0 Å². The molecule has 1 saturated carbocycles. The van der Waals surface area contributed by atoms with Crippen LogP contribution in [0.2, 0.25) is 0 Å². The number of ether oxygens (including phenoxy) is 1. The zero-order chi connectivity index (χ0) is 22.6. The quantitative estimate of drug-likeness (QED) is 0.282. The SMILES string of the molecule is CCOC(=O)CCCCCCC1C(O)CC(O)C1CCC(O)C#Cc1ccc(F)cc1. The molecule has 0 aromatic heterocycles. The molecule has 1 aromatic rings. The minimum Gasteiger partial charge on any atom is -0.466 e. The monoisotopic (exact) mass is 434 g/mol. The number of hydrogen-bond donors (Lipinski definition) is 3. The van der Waals surface area contributed by atoms with Gasteiger partial charge < -0.3 is 20.1 Å². The van der Waals surface area contributed by atoms with Crippen LogP contribution in [0.15, 0.2) is 24.3 Å². The third-order valence-electron chi connectivity index (χ3n) is 6.00. The fourth-order valence-corrected chi connectivity index (χ4v) is 4.34. The molecule has 0 saturated heterocycles. The summed E-state index contributed by atoms with van der Waals surface area (Å²) in [5.74, 6) is 5.07. The number of aliphatic hydroxyl groups excluding tert-OH is 3. The predicted molar refractivity (Wildman–Crippen MR) is 116 cm³/mol. The fraction of sp³-hybridized carbons (Fsp3) is 0.640. The lowest BCUT2D eigenvalue weighted by atomic mass is 9.85. The molecule has 1 aliphatic carbocycles. The van der Waals surface area contributed by atoms with Crippen molar-refractivity contribution < 1.29 is 29.2 Å². The minimum absolute atomic E-state index is 0.0114. The van der Waals surface area contributed by atoms with Gasteiger partial charge in [-0.25, -0.2) is 4.39 Å². The van der Waals surface area contributed by atoms with Gasteiger partial charge >= 0.3 is 5.97 Å². The largest absolute Gasteiger partial charge is 0.466 e. The van der Waals surface area contributed by atoms with Gasteiger partial charge in [-0.2, -0.15) is 0 Å². The molecule has 0 spiro atoms. The molecule has 3 N–H and O–H groups in total. The third kappa shape index (κ3) is 8.98. The maximum absolute atomic E-state index is 12.9. The molecule has 5 atom stereocenters. The summed E-state index contributed by atoms with van der Waals surface area (Å²) < 4.78 is 17.9. The van der Waals surface area contributed by atoms with Crippen LogP contribution in [0.5, 0.6) is 0 Å². The van der Waals surface area contributed by atoms with Gasteiger partial charge in [0.05, 0.1) is 18.8 Å².